The number of carboxylic acid groups (broad SMARTS) is 1. The monoisotopic (exact) mass is 534 g/mol. The molecule has 4 rings (SSSR count). The molecule has 0 fully saturated rings. The number of benzene rings is 2. The van der Waals surface area contributed by atoms with E-state index in [4.69, 9.17) is 0 Å². The van der Waals surface area contributed by atoms with Crippen molar-refractivity contribution in [3.8, 4) is 5.69 Å². The van der Waals surface area contributed by atoms with Crippen LogP contribution in [0.3, 0.4) is 0 Å². The zero-order chi connectivity index (χ0) is 27.4. The number of amides is 2. The van der Waals surface area contributed by atoms with Crippen molar-refractivity contribution in [1.82, 2.24) is 9.36 Å². The van der Waals surface area contributed by atoms with Crippen molar-refractivity contribution >= 4 is 40.9 Å². The van der Waals surface area contributed by atoms with Gasteiger partial charge in [0.15, 0.2) is 0 Å². The fraction of sp³-hybridized carbons (Fsp3) is 0.286. The lowest BCUT2D eigenvalue weighted by molar-refractivity contribution is -0.146. The molecule has 2 amide bonds. The van der Waals surface area contributed by atoms with Crippen molar-refractivity contribution in [1.29, 1.82) is 0 Å². The molecule has 1 aromatic heterocycles. The first-order valence-corrected chi connectivity index (χ1v) is 13.2. The normalized spacial score (nSPS) is 17.6. The molecule has 0 bridgehead atoms. The third-order valence-corrected chi connectivity index (χ3v) is 7.80. The second kappa shape index (κ2) is 11.6. The molecule has 1 aliphatic rings. The van der Waals surface area contributed by atoms with Gasteiger partial charge in [0.25, 0.3) is 5.56 Å². The number of rotatable bonds is 8. The molecular formula is C28H30N4O5S. The highest BCUT2D eigenvalue weighted by atomic mass is 32.2. The Labute approximate surface area is 224 Å². The summed E-state index contributed by atoms with van der Waals surface area (Å²) in [5, 5.41) is 14.5. The fourth-order valence-electron chi connectivity index (χ4n) is 4.42. The van der Waals surface area contributed by atoms with Crippen LogP contribution in [0.5, 0.6) is 0 Å². The predicted molar refractivity (Wildman–Crippen MR) is 148 cm³/mol. The molecule has 10 heteroatoms. The van der Waals surface area contributed by atoms with Crippen LogP contribution in [0.25, 0.3) is 5.69 Å². The summed E-state index contributed by atoms with van der Waals surface area (Å²) in [4.78, 5) is 51.0. The van der Waals surface area contributed by atoms with Crippen LogP contribution in [-0.2, 0) is 21.4 Å². The first-order valence-electron chi connectivity index (χ1n) is 12.3. The molecule has 0 spiro atoms. The summed E-state index contributed by atoms with van der Waals surface area (Å²) >= 11 is 1.32. The van der Waals surface area contributed by atoms with Gasteiger partial charge in [0.1, 0.15) is 5.69 Å². The Morgan fingerprint density at radius 3 is 2.24 bits per heavy atom. The molecule has 3 atom stereocenters. The van der Waals surface area contributed by atoms with Gasteiger partial charge in [0.2, 0.25) is 11.8 Å². The van der Waals surface area contributed by atoms with Crippen molar-refractivity contribution in [2.45, 2.75) is 36.8 Å². The van der Waals surface area contributed by atoms with Gasteiger partial charge in [-0.3, -0.25) is 23.9 Å². The number of nitrogens with one attached hydrogen (secondary N) is 2. The number of aromatic nitrogens is 2. The molecule has 1 aliphatic carbocycles. The van der Waals surface area contributed by atoms with Gasteiger partial charge in [0.05, 0.1) is 28.5 Å². The number of thioether (sulfide) groups is 1. The van der Waals surface area contributed by atoms with Gasteiger partial charge >= 0.3 is 5.97 Å². The molecule has 198 valence electrons. The first-order chi connectivity index (χ1) is 18.2. The Morgan fingerprint density at radius 2 is 1.61 bits per heavy atom. The number of carbonyl (C=O) groups is 3. The Bertz CT molecular complexity index is 1430. The standard InChI is InChI=1S/C28H30N4O5S/c1-17-24(27(35)32(31(17)3)20-9-5-4-6-10-20)30-25(33)18(2)38-21-15-13-19(14-16-21)29-26(34)22-11-7-8-12-23(22)28(36)37/h4-10,13-16,18,22-23H,11-12H2,1-3H3,(H,29,34)(H,30,33)(H,36,37). The van der Waals surface area contributed by atoms with Crippen LogP contribution in [0.2, 0.25) is 0 Å². The second-order valence-corrected chi connectivity index (χ2v) is 10.6. The number of nitrogens with zero attached hydrogens (tertiary/aromatic N) is 2. The van der Waals surface area contributed by atoms with E-state index in [9.17, 15) is 24.3 Å². The van der Waals surface area contributed by atoms with E-state index < -0.39 is 23.1 Å². The molecule has 3 N–H and O–H groups in total. The summed E-state index contributed by atoms with van der Waals surface area (Å²) < 4.78 is 3.22. The van der Waals surface area contributed by atoms with Gasteiger partial charge in [-0.15, -0.1) is 11.8 Å². The SMILES string of the molecule is Cc1c(NC(=O)C(C)Sc2ccc(NC(=O)C3CC=CCC3C(=O)O)cc2)c(=O)n(-c2ccccc2)n1C. The van der Waals surface area contributed by atoms with Crippen LogP contribution in [-0.4, -0.2) is 37.5 Å². The van der Waals surface area contributed by atoms with Gasteiger partial charge in [-0.05, 0) is 63.1 Å². The van der Waals surface area contributed by atoms with Crippen LogP contribution in [0.1, 0.15) is 25.5 Å². The highest BCUT2D eigenvalue weighted by Gasteiger charge is 2.34. The van der Waals surface area contributed by atoms with Gasteiger partial charge in [-0.25, -0.2) is 4.68 Å². The minimum absolute atomic E-state index is 0.240. The minimum Gasteiger partial charge on any atom is -0.481 e. The second-order valence-electron chi connectivity index (χ2n) is 9.19. The maximum Gasteiger partial charge on any atom is 0.307 e. The third kappa shape index (κ3) is 5.75. The zero-order valence-electron chi connectivity index (χ0n) is 21.4. The average molecular weight is 535 g/mol. The van der Waals surface area contributed by atoms with Crippen LogP contribution < -0.4 is 16.2 Å². The van der Waals surface area contributed by atoms with Crippen LogP contribution in [0.4, 0.5) is 11.4 Å². The van der Waals surface area contributed by atoms with Crippen LogP contribution in [0, 0.1) is 18.8 Å². The predicted octanol–water partition coefficient (Wildman–Crippen LogP) is 4.21. The third-order valence-electron chi connectivity index (χ3n) is 6.69. The largest absolute Gasteiger partial charge is 0.481 e. The molecular weight excluding hydrogens is 504 g/mol. The summed E-state index contributed by atoms with van der Waals surface area (Å²) in [7, 11) is 1.77. The molecule has 0 saturated heterocycles. The molecule has 0 saturated carbocycles. The van der Waals surface area contributed by atoms with Gasteiger partial charge in [0, 0.05) is 17.6 Å². The number of aliphatic carboxylic acids is 1. The number of allylic oxidation sites excluding steroid dienone is 2. The van der Waals surface area contributed by atoms with Gasteiger partial charge in [-0.2, -0.15) is 0 Å². The number of hydrogen-bond acceptors (Lipinski definition) is 5. The number of carbonyl (C=O) groups excluding carboxylic acids is 2. The molecule has 0 aliphatic heterocycles. The maximum atomic E-state index is 13.1. The minimum atomic E-state index is -0.974. The number of hydrogen-bond donors (Lipinski definition) is 3. The maximum absolute atomic E-state index is 13.1. The molecule has 2 aromatic carbocycles. The molecule has 3 aromatic rings. The van der Waals surface area contributed by atoms with E-state index >= 15 is 0 Å². The number of para-hydroxylation sites is 1. The molecule has 0 radical (unpaired) electrons. The lowest BCUT2D eigenvalue weighted by Crippen LogP contribution is -2.34. The van der Waals surface area contributed by atoms with Crippen LogP contribution in [0.15, 0.2) is 76.4 Å². The zero-order valence-corrected chi connectivity index (χ0v) is 22.2. The van der Waals surface area contributed by atoms with E-state index in [2.05, 4.69) is 10.6 Å². The van der Waals surface area contributed by atoms with E-state index in [0.29, 0.717) is 29.9 Å². The van der Waals surface area contributed by atoms with E-state index in [1.807, 2.05) is 36.4 Å². The molecule has 38 heavy (non-hydrogen) atoms. The Morgan fingerprint density at radius 1 is 0.974 bits per heavy atom. The Hall–Kier alpha value is -4.05. The van der Waals surface area contributed by atoms with E-state index in [0.717, 1.165) is 4.90 Å². The van der Waals surface area contributed by atoms with Crippen LogP contribution >= 0.6 is 11.8 Å². The molecule has 3 unspecified atom stereocenters. The smallest absolute Gasteiger partial charge is 0.307 e. The van der Waals surface area contributed by atoms with Crippen molar-refractivity contribution in [2.75, 3.05) is 10.6 Å². The summed E-state index contributed by atoms with van der Waals surface area (Å²) in [6.45, 7) is 3.54. The fourth-order valence-corrected chi connectivity index (χ4v) is 5.29. The van der Waals surface area contributed by atoms with Gasteiger partial charge in [-0.1, -0.05) is 30.4 Å². The van der Waals surface area contributed by atoms with Gasteiger partial charge < -0.3 is 15.7 Å². The van der Waals surface area contributed by atoms with Crippen molar-refractivity contribution < 1.29 is 19.5 Å². The Balaban J connectivity index is 1.39. The topological polar surface area (TPSA) is 122 Å². The highest BCUT2D eigenvalue weighted by Crippen LogP contribution is 2.29. The Kier molecular flexibility index (Phi) is 8.21. The summed E-state index contributed by atoms with van der Waals surface area (Å²) in [5.41, 5.74) is 1.83. The van der Waals surface area contributed by atoms with E-state index in [-0.39, 0.29) is 23.1 Å². The first kappa shape index (κ1) is 27.0. The summed E-state index contributed by atoms with van der Waals surface area (Å²) in [6.07, 6.45) is 4.36. The summed E-state index contributed by atoms with van der Waals surface area (Å²) in [5.74, 6) is -2.96. The molecule has 1 heterocycles. The number of anilines is 2. The lowest BCUT2D eigenvalue weighted by atomic mass is 9.82. The quantitative estimate of drug-likeness (QED) is 0.294. The molecule has 9 nitrogen and oxygen atoms in total. The summed E-state index contributed by atoms with van der Waals surface area (Å²) in [6, 6.07) is 16.2. The van der Waals surface area contributed by atoms with E-state index in [1.54, 1.807) is 55.9 Å². The van der Waals surface area contributed by atoms with Crippen molar-refractivity contribution in [3.63, 3.8) is 0 Å². The van der Waals surface area contributed by atoms with Crippen molar-refractivity contribution in [3.05, 3.63) is 82.8 Å². The highest BCUT2D eigenvalue weighted by molar-refractivity contribution is 8.00. The van der Waals surface area contributed by atoms with Crippen molar-refractivity contribution in [2.24, 2.45) is 18.9 Å². The number of carboxylic acids is 1. The van der Waals surface area contributed by atoms with E-state index in [1.165, 1.54) is 16.4 Å². The lowest BCUT2D eigenvalue weighted by Gasteiger charge is -2.24. The average Bonchev–Trinajstić information content (AvgIpc) is 3.12.